The van der Waals surface area contributed by atoms with Crippen LogP contribution in [0.15, 0.2) is 30.5 Å². The van der Waals surface area contributed by atoms with E-state index in [9.17, 15) is 9.90 Å². The first-order valence-corrected chi connectivity index (χ1v) is 5.17. The summed E-state index contributed by atoms with van der Waals surface area (Å²) in [6.07, 6.45) is 1.56. The van der Waals surface area contributed by atoms with E-state index >= 15 is 0 Å². The summed E-state index contributed by atoms with van der Waals surface area (Å²) in [5, 5.41) is 16.2. The molecular formula is C12H13N3O2. The van der Waals surface area contributed by atoms with E-state index in [-0.39, 0.29) is 11.7 Å². The van der Waals surface area contributed by atoms with Crippen molar-refractivity contribution in [3.05, 3.63) is 41.7 Å². The lowest BCUT2D eigenvalue weighted by atomic mass is 10.2. The SMILES string of the molecule is Cc1c(O)cccc1NC(=O)c1ccnn1C. The van der Waals surface area contributed by atoms with Crippen molar-refractivity contribution in [1.29, 1.82) is 0 Å². The van der Waals surface area contributed by atoms with Crippen molar-refractivity contribution in [2.75, 3.05) is 5.32 Å². The van der Waals surface area contributed by atoms with Crippen molar-refractivity contribution in [2.24, 2.45) is 7.05 Å². The molecule has 0 saturated heterocycles. The third-order valence-electron chi connectivity index (χ3n) is 2.61. The number of carbonyl (C=O) groups is 1. The molecule has 1 aromatic carbocycles. The molecule has 0 aliphatic rings. The Kier molecular flexibility index (Phi) is 2.82. The molecule has 1 heterocycles. The minimum atomic E-state index is -0.251. The van der Waals surface area contributed by atoms with Gasteiger partial charge in [0.1, 0.15) is 11.4 Å². The average molecular weight is 231 g/mol. The molecule has 0 atom stereocenters. The fourth-order valence-electron chi connectivity index (χ4n) is 1.54. The quantitative estimate of drug-likeness (QED) is 0.826. The second-order valence-corrected chi connectivity index (χ2v) is 3.74. The van der Waals surface area contributed by atoms with Gasteiger partial charge in [0.25, 0.3) is 5.91 Å². The first kappa shape index (κ1) is 11.2. The summed E-state index contributed by atoms with van der Waals surface area (Å²) in [6.45, 7) is 1.74. The van der Waals surface area contributed by atoms with Crippen LogP contribution in [0.1, 0.15) is 16.1 Å². The van der Waals surface area contributed by atoms with E-state index in [2.05, 4.69) is 10.4 Å². The highest BCUT2D eigenvalue weighted by atomic mass is 16.3. The fourth-order valence-corrected chi connectivity index (χ4v) is 1.54. The molecule has 0 radical (unpaired) electrons. The van der Waals surface area contributed by atoms with Crippen LogP contribution >= 0.6 is 0 Å². The smallest absolute Gasteiger partial charge is 0.273 e. The predicted octanol–water partition coefficient (Wildman–Crippen LogP) is 1.69. The molecule has 0 aliphatic carbocycles. The lowest BCUT2D eigenvalue weighted by Gasteiger charge is -2.09. The summed E-state index contributed by atoms with van der Waals surface area (Å²) < 4.78 is 1.49. The van der Waals surface area contributed by atoms with Gasteiger partial charge in [-0.05, 0) is 25.1 Å². The lowest BCUT2D eigenvalue weighted by Crippen LogP contribution is -2.16. The molecule has 0 saturated carbocycles. The third-order valence-corrected chi connectivity index (χ3v) is 2.61. The Bertz CT molecular complexity index is 561. The van der Waals surface area contributed by atoms with E-state index in [0.717, 1.165) is 0 Å². The summed E-state index contributed by atoms with van der Waals surface area (Å²) in [5.41, 5.74) is 1.70. The first-order chi connectivity index (χ1) is 8.09. The second kappa shape index (κ2) is 4.29. The Morgan fingerprint density at radius 3 is 2.82 bits per heavy atom. The summed E-state index contributed by atoms with van der Waals surface area (Å²) in [5.74, 6) is -0.0912. The maximum Gasteiger partial charge on any atom is 0.273 e. The molecule has 2 rings (SSSR count). The molecule has 5 heteroatoms. The van der Waals surface area contributed by atoms with Gasteiger partial charge in [-0.2, -0.15) is 5.10 Å². The molecule has 0 spiro atoms. The number of hydrogen-bond acceptors (Lipinski definition) is 3. The molecule has 1 aromatic heterocycles. The highest BCUT2D eigenvalue weighted by Crippen LogP contribution is 2.24. The summed E-state index contributed by atoms with van der Waals surface area (Å²) in [4.78, 5) is 11.9. The van der Waals surface area contributed by atoms with Gasteiger partial charge in [-0.3, -0.25) is 9.48 Å². The topological polar surface area (TPSA) is 67.2 Å². The van der Waals surface area contributed by atoms with Crippen LogP contribution < -0.4 is 5.32 Å². The van der Waals surface area contributed by atoms with Crippen LogP contribution in [0.4, 0.5) is 5.69 Å². The van der Waals surface area contributed by atoms with Crippen LogP contribution in [-0.4, -0.2) is 20.8 Å². The highest BCUT2D eigenvalue weighted by molar-refractivity contribution is 6.03. The van der Waals surface area contributed by atoms with Crippen LogP contribution in [0.5, 0.6) is 5.75 Å². The molecule has 0 unspecified atom stereocenters. The number of aromatic nitrogens is 2. The molecule has 0 fully saturated rings. The molecule has 2 N–H and O–H groups in total. The Labute approximate surface area is 98.7 Å². The maximum atomic E-state index is 11.9. The number of nitrogens with one attached hydrogen (secondary N) is 1. The molecule has 88 valence electrons. The Hall–Kier alpha value is -2.30. The van der Waals surface area contributed by atoms with E-state index in [1.54, 1.807) is 44.4 Å². The zero-order valence-electron chi connectivity index (χ0n) is 9.64. The molecule has 0 bridgehead atoms. The minimum Gasteiger partial charge on any atom is -0.508 e. The van der Waals surface area contributed by atoms with Gasteiger partial charge < -0.3 is 10.4 Å². The van der Waals surface area contributed by atoms with Gasteiger partial charge in [-0.25, -0.2) is 0 Å². The van der Waals surface area contributed by atoms with Crippen LogP contribution in [0.2, 0.25) is 0 Å². The van der Waals surface area contributed by atoms with E-state index in [1.165, 1.54) is 4.68 Å². The normalized spacial score (nSPS) is 10.2. The summed E-state index contributed by atoms with van der Waals surface area (Å²) in [6, 6.07) is 6.63. The van der Waals surface area contributed by atoms with Crippen molar-refractivity contribution in [3.63, 3.8) is 0 Å². The Balaban J connectivity index is 2.25. The maximum absolute atomic E-state index is 11.9. The van der Waals surface area contributed by atoms with Gasteiger partial charge in [0.2, 0.25) is 0 Å². The van der Waals surface area contributed by atoms with E-state index in [1.807, 2.05) is 0 Å². The van der Waals surface area contributed by atoms with Gasteiger partial charge >= 0.3 is 0 Å². The minimum absolute atomic E-state index is 0.160. The van der Waals surface area contributed by atoms with E-state index < -0.39 is 0 Å². The number of hydrogen-bond donors (Lipinski definition) is 2. The van der Waals surface area contributed by atoms with Crippen LogP contribution in [0.3, 0.4) is 0 Å². The van der Waals surface area contributed by atoms with Crippen LogP contribution in [0, 0.1) is 6.92 Å². The number of phenolic OH excluding ortho intramolecular Hbond substituents is 1. The van der Waals surface area contributed by atoms with Gasteiger partial charge in [0.05, 0.1) is 0 Å². The number of benzene rings is 1. The number of carbonyl (C=O) groups excluding carboxylic acids is 1. The molecule has 5 nitrogen and oxygen atoms in total. The second-order valence-electron chi connectivity index (χ2n) is 3.74. The van der Waals surface area contributed by atoms with Crippen molar-refractivity contribution in [1.82, 2.24) is 9.78 Å². The van der Waals surface area contributed by atoms with Crippen LogP contribution in [-0.2, 0) is 7.05 Å². The van der Waals surface area contributed by atoms with Crippen LogP contribution in [0.25, 0.3) is 0 Å². The van der Waals surface area contributed by atoms with Crippen molar-refractivity contribution in [3.8, 4) is 5.75 Å². The third kappa shape index (κ3) is 2.13. The van der Waals surface area contributed by atoms with Crippen molar-refractivity contribution >= 4 is 11.6 Å². The Morgan fingerprint density at radius 2 is 2.18 bits per heavy atom. The largest absolute Gasteiger partial charge is 0.508 e. The molecule has 17 heavy (non-hydrogen) atoms. The van der Waals surface area contributed by atoms with Crippen molar-refractivity contribution < 1.29 is 9.90 Å². The number of amides is 1. The summed E-state index contributed by atoms with van der Waals surface area (Å²) in [7, 11) is 1.70. The molecule has 2 aromatic rings. The zero-order valence-corrected chi connectivity index (χ0v) is 9.64. The fraction of sp³-hybridized carbons (Fsp3) is 0.167. The average Bonchev–Trinajstić information content (AvgIpc) is 2.71. The van der Waals surface area contributed by atoms with Crippen molar-refractivity contribution in [2.45, 2.75) is 6.92 Å². The predicted molar refractivity (Wildman–Crippen MR) is 64.0 cm³/mol. The highest BCUT2D eigenvalue weighted by Gasteiger charge is 2.11. The molecule has 0 aliphatic heterocycles. The molecular weight excluding hydrogens is 218 g/mol. The standard InChI is InChI=1S/C12H13N3O2/c1-8-9(4-3-5-11(8)16)14-12(17)10-6-7-13-15(10)2/h3-7,16H,1-2H3,(H,14,17). The number of phenols is 1. The van der Waals surface area contributed by atoms with Gasteiger partial charge in [0.15, 0.2) is 0 Å². The number of nitrogens with zero attached hydrogens (tertiary/aromatic N) is 2. The first-order valence-electron chi connectivity index (χ1n) is 5.17. The number of rotatable bonds is 2. The number of aromatic hydroxyl groups is 1. The Morgan fingerprint density at radius 1 is 1.41 bits per heavy atom. The molecule has 1 amide bonds. The van der Waals surface area contributed by atoms with E-state index in [0.29, 0.717) is 16.9 Å². The van der Waals surface area contributed by atoms with Gasteiger partial charge in [-0.1, -0.05) is 6.07 Å². The number of aryl methyl sites for hydroxylation is 1. The summed E-state index contributed by atoms with van der Waals surface area (Å²) >= 11 is 0. The van der Waals surface area contributed by atoms with E-state index in [4.69, 9.17) is 0 Å². The zero-order chi connectivity index (χ0) is 12.4. The van der Waals surface area contributed by atoms with Gasteiger partial charge in [-0.15, -0.1) is 0 Å². The number of anilines is 1. The lowest BCUT2D eigenvalue weighted by molar-refractivity contribution is 0.101. The van der Waals surface area contributed by atoms with Gasteiger partial charge in [0, 0.05) is 24.5 Å². The monoisotopic (exact) mass is 231 g/mol.